The topological polar surface area (TPSA) is 60.9 Å². The maximum atomic E-state index is 13.9. The van der Waals surface area contributed by atoms with Gasteiger partial charge in [-0.2, -0.15) is 4.31 Å². The van der Waals surface area contributed by atoms with Gasteiger partial charge in [0.05, 0.1) is 17.4 Å². The number of carbonyl (C=O) groups is 1. The molecular weight excluding hydrogens is 417 g/mol. The van der Waals surface area contributed by atoms with Crippen LogP contribution in [0.5, 0.6) is 0 Å². The van der Waals surface area contributed by atoms with Gasteiger partial charge in [0.15, 0.2) is 0 Å². The molecule has 1 amide bonds. The van der Waals surface area contributed by atoms with E-state index in [4.69, 9.17) is 0 Å². The van der Waals surface area contributed by atoms with E-state index in [1.54, 1.807) is 57.7 Å². The molecule has 2 aliphatic rings. The Hall–Kier alpha value is -2.29. The molecule has 2 aromatic rings. The van der Waals surface area contributed by atoms with Crippen LogP contribution in [-0.4, -0.2) is 73.7 Å². The second-order valence-corrected chi connectivity index (χ2v) is 10.1. The van der Waals surface area contributed by atoms with Crippen molar-refractivity contribution >= 4 is 15.9 Å². The van der Waals surface area contributed by atoms with E-state index in [0.717, 1.165) is 25.9 Å². The van der Waals surface area contributed by atoms with Gasteiger partial charge in [-0.15, -0.1) is 0 Å². The summed E-state index contributed by atoms with van der Waals surface area (Å²) in [6.45, 7) is 3.75. The van der Waals surface area contributed by atoms with Gasteiger partial charge in [0.2, 0.25) is 15.9 Å². The fourth-order valence-corrected chi connectivity index (χ4v) is 5.85. The molecule has 0 spiro atoms. The van der Waals surface area contributed by atoms with Gasteiger partial charge in [0.1, 0.15) is 5.82 Å². The van der Waals surface area contributed by atoms with E-state index in [0.29, 0.717) is 31.7 Å². The van der Waals surface area contributed by atoms with E-state index < -0.39 is 15.8 Å². The summed E-state index contributed by atoms with van der Waals surface area (Å²) in [5.41, 5.74) is 0.360. The molecule has 0 aromatic heterocycles. The molecule has 0 bridgehead atoms. The quantitative estimate of drug-likeness (QED) is 0.626. The molecule has 0 N–H and O–H groups in total. The van der Waals surface area contributed by atoms with E-state index in [2.05, 4.69) is 4.90 Å². The summed E-state index contributed by atoms with van der Waals surface area (Å²) in [7, 11) is -3.66. The maximum absolute atomic E-state index is 13.9. The molecule has 0 saturated carbocycles. The van der Waals surface area contributed by atoms with Crippen LogP contribution in [0.1, 0.15) is 18.4 Å². The zero-order valence-electron chi connectivity index (χ0n) is 17.5. The van der Waals surface area contributed by atoms with Crippen LogP contribution in [0.4, 0.5) is 4.39 Å². The highest BCUT2D eigenvalue weighted by Crippen LogP contribution is 2.25. The van der Waals surface area contributed by atoms with Gasteiger partial charge in [0.25, 0.3) is 0 Å². The number of hydrogen-bond acceptors (Lipinski definition) is 4. The average molecular weight is 446 g/mol. The van der Waals surface area contributed by atoms with Crippen molar-refractivity contribution in [2.24, 2.45) is 0 Å². The molecule has 4 rings (SSSR count). The standard InChI is InChI=1S/C23H28FN3O3S/c24-22-11-5-4-8-19(22)16-23(28)26-17-20(18-26)27(15-14-25-12-6-7-13-25)31(29,30)21-9-2-1-3-10-21/h1-5,8-11,20H,6-7,12-18H2. The fraction of sp³-hybridized carbons (Fsp3) is 0.435. The summed E-state index contributed by atoms with van der Waals surface area (Å²) >= 11 is 0. The number of carbonyl (C=O) groups excluding carboxylic acids is 1. The second kappa shape index (κ2) is 9.46. The number of sulfonamides is 1. The summed E-state index contributed by atoms with van der Waals surface area (Å²) in [6, 6.07) is 14.4. The average Bonchev–Trinajstić information content (AvgIpc) is 3.25. The van der Waals surface area contributed by atoms with Crippen LogP contribution in [0, 0.1) is 5.82 Å². The van der Waals surface area contributed by atoms with Gasteiger partial charge < -0.3 is 9.80 Å². The summed E-state index contributed by atoms with van der Waals surface area (Å²) in [4.78, 5) is 16.8. The summed E-state index contributed by atoms with van der Waals surface area (Å²) in [6.07, 6.45) is 2.28. The molecule has 2 saturated heterocycles. The first-order chi connectivity index (χ1) is 14.9. The third-order valence-electron chi connectivity index (χ3n) is 6.11. The molecule has 0 unspecified atom stereocenters. The van der Waals surface area contributed by atoms with E-state index in [1.807, 2.05) is 0 Å². The maximum Gasteiger partial charge on any atom is 0.243 e. The van der Waals surface area contributed by atoms with E-state index in [1.165, 1.54) is 6.07 Å². The summed E-state index contributed by atoms with van der Waals surface area (Å²) < 4.78 is 42.1. The number of amides is 1. The van der Waals surface area contributed by atoms with Crippen molar-refractivity contribution in [2.75, 3.05) is 39.3 Å². The normalized spacial score (nSPS) is 17.8. The third-order valence-corrected chi connectivity index (χ3v) is 8.07. The molecule has 0 radical (unpaired) electrons. The Morgan fingerprint density at radius 3 is 2.32 bits per heavy atom. The molecule has 0 atom stereocenters. The Balaban J connectivity index is 1.44. The van der Waals surface area contributed by atoms with Crippen molar-refractivity contribution < 1.29 is 17.6 Å². The zero-order chi connectivity index (χ0) is 21.8. The molecule has 6 nitrogen and oxygen atoms in total. The number of rotatable bonds is 8. The molecule has 8 heteroatoms. The van der Waals surface area contributed by atoms with Crippen LogP contribution in [0.25, 0.3) is 0 Å². The first kappa shape index (κ1) is 21.9. The van der Waals surface area contributed by atoms with Crippen molar-refractivity contribution in [3.05, 3.63) is 66.0 Å². The number of hydrogen-bond donors (Lipinski definition) is 0. The Morgan fingerprint density at radius 1 is 1.00 bits per heavy atom. The van der Waals surface area contributed by atoms with Crippen molar-refractivity contribution in [3.63, 3.8) is 0 Å². The minimum atomic E-state index is -3.66. The van der Waals surface area contributed by atoms with Crippen molar-refractivity contribution in [3.8, 4) is 0 Å². The number of halogens is 1. The highest BCUT2D eigenvalue weighted by Gasteiger charge is 2.40. The summed E-state index contributed by atoms with van der Waals surface area (Å²) in [5.74, 6) is -0.579. The van der Waals surface area contributed by atoms with Gasteiger partial charge >= 0.3 is 0 Å². The lowest BCUT2D eigenvalue weighted by atomic mass is 10.1. The lowest BCUT2D eigenvalue weighted by Crippen LogP contribution is -2.63. The summed E-state index contributed by atoms with van der Waals surface area (Å²) in [5, 5.41) is 0. The van der Waals surface area contributed by atoms with Crippen molar-refractivity contribution in [1.82, 2.24) is 14.1 Å². The molecule has 2 aliphatic heterocycles. The molecule has 166 valence electrons. The number of nitrogens with zero attached hydrogens (tertiary/aromatic N) is 3. The highest BCUT2D eigenvalue weighted by atomic mass is 32.2. The van der Waals surface area contributed by atoms with E-state index in [-0.39, 0.29) is 23.3 Å². The fourth-order valence-electron chi connectivity index (χ4n) is 4.23. The highest BCUT2D eigenvalue weighted by molar-refractivity contribution is 7.89. The molecule has 2 aromatic carbocycles. The second-order valence-electron chi connectivity index (χ2n) is 8.20. The Labute approximate surface area is 183 Å². The van der Waals surface area contributed by atoms with Gasteiger partial charge in [-0.05, 0) is 49.7 Å². The zero-order valence-corrected chi connectivity index (χ0v) is 18.3. The molecular formula is C23H28FN3O3S. The van der Waals surface area contributed by atoms with Gasteiger partial charge in [0, 0.05) is 26.2 Å². The molecule has 2 fully saturated rings. The minimum Gasteiger partial charge on any atom is -0.339 e. The van der Waals surface area contributed by atoms with Gasteiger partial charge in [-0.25, -0.2) is 12.8 Å². The molecule has 0 aliphatic carbocycles. The number of benzene rings is 2. The first-order valence-corrected chi connectivity index (χ1v) is 12.2. The van der Waals surface area contributed by atoms with Crippen LogP contribution >= 0.6 is 0 Å². The Kier molecular flexibility index (Phi) is 6.69. The lowest BCUT2D eigenvalue weighted by Gasteiger charge is -2.45. The van der Waals surface area contributed by atoms with Crippen molar-refractivity contribution in [1.29, 1.82) is 0 Å². The van der Waals surface area contributed by atoms with E-state index in [9.17, 15) is 17.6 Å². The smallest absolute Gasteiger partial charge is 0.243 e. The largest absolute Gasteiger partial charge is 0.339 e. The molecule has 31 heavy (non-hydrogen) atoms. The monoisotopic (exact) mass is 445 g/mol. The van der Waals surface area contributed by atoms with Crippen LogP contribution in [0.15, 0.2) is 59.5 Å². The Morgan fingerprint density at radius 2 is 1.65 bits per heavy atom. The van der Waals surface area contributed by atoms with Crippen LogP contribution < -0.4 is 0 Å². The third kappa shape index (κ3) is 4.97. The minimum absolute atomic E-state index is 0.0153. The lowest BCUT2D eigenvalue weighted by molar-refractivity contribution is -0.136. The van der Waals surface area contributed by atoms with Gasteiger partial charge in [-0.1, -0.05) is 36.4 Å². The van der Waals surface area contributed by atoms with E-state index >= 15 is 0 Å². The predicted molar refractivity (Wildman–Crippen MR) is 116 cm³/mol. The van der Waals surface area contributed by atoms with Crippen LogP contribution in [0.3, 0.4) is 0 Å². The SMILES string of the molecule is O=C(Cc1ccccc1F)N1CC(N(CCN2CCCC2)S(=O)(=O)c2ccccc2)C1. The van der Waals surface area contributed by atoms with Gasteiger partial charge in [-0.3, -0.25) is 4.79 Å². The number of likely N-dealkylation sites (tertiary alicyclic amines) is 2. The first-order valence-electron chi connectivity index (χ1n) is 10.8. The van der Waals surface area contributed by atoms with Crippen LogP contribution in [-0.2, 0) is 21.2 Å². The predicted octanol–water partition coefficient (Wildman–Crippen LogP) is 2.37. The molecule has 2 heterocycles. The Bertz CT molecular complexity index is 1000. The van der Waals surface area contributed by atoms with Crippen molar-refractivity contribution in [2.45, 2.75) is 30.2 Å². The van der Waals surface area contributed by atoms with Crippen LogP contribution in [0.2, 0.25) is 0 Å².